The van der Waals surface area contributed by atoms with Gasteiger partial charge in [0.2, 0.25) is 0 Å². The van der Waals surface area contributed by atoms with E-state index in [4.69, 9.17) is 9.84 Å². The van der Waals surface area contributed by atoms with Gasteiger partial charge in [0.05, 0.1) is 16.9 Å². The SMILES string of the molecule is COc1ccc([N+](=O)[O-])cc1/C=C1/SC(=O)N(CC(=O)O)C1=O. The number of non-ortho nitro benzene ring substituents is 1. The number of nitro benzene ring substituents is 1. The molecule has 0 aliphatic carbocycles. The second-order valence-corrected chi connectivity index (χ2v) is 5.34. The first-order valence-corrected chi connectivity index (χ1v) is 6.94. The van der Waals surface area contributed by atoms with Crippen molar-refractivity contribution < 1.29 is 29.2 Å². The van der Waals surface area contributed by atoms with Gasteiger partial charge in [-0.15, -0.1) is 0 Å². The summed E-state index contributed by atoms with van der Waals surface area (Å²) in [5.41, 5.74) is 0.0318. The Bertz CT molecular complexity index is 744. The van der Waals surface area contributed by atoms with Crippen molar-refractivity contribution in [2.45, 2.75) is 0 Å². The summed E-state index contributed by atoms with van der Waals surface area (Å²) < 4.78 is 5.06. The molecule has 9 nitrogen and oxygen atoms in total. The van der Waals surface area contributed by atoms with E-state index in [9.17, 15) is 24.5 Å². The summed E-state index contributed by atoms with van der Waals surface area (Å²) in [6.07, 6.45) is 1.26. The number of carboxylic acids is 1. The molecule has 0 bridgehead atoms. The maximum absolute atomic E-state index is 12.1. The molecule has 23 heavy (non-hydrogen) atoms. The normalized spacial score (nSPS) is 16.0. The van der Waals surface area contributed by atoms with Crippen LogP contribution in [0.3, 0.4) is 0 Å². The minimum absolute atomic E-state index is 0.0324. The lowest BCUT2D eigenvalue weighted by molar-refractivity contribution is -0.384. The van der Waals surface area contributed by atoms with Crippen molar-refractivity contribution in [1.29, 1.82) is 0 Å². The number of hydrogen-bond acceptors (Lipinski definition) is 7. The van der Waals surface area contributed by atoms with E-state index in [1.54, 1.807) is 0 Å². The Kier molecular flexibility index (Phi) is 4.65. The highest BCUT2D eigenvalue weighted by atomic mass is 32.2. The van der Waals surface area contributed by atoms with Crippen LogP contribution < -0.4 is 4.74 Å². The van der Waals surface area contributed by atoms with Crippen molar-refractivity contribution in [1.82, 2.24) is 4.90 Å². The molecule has 1 heterocycles. The van der Waals surface area contributed by atoms with Crippen molar-refractivity contribution in [3.63, 3.8) is 0 Å². The summed E-state index contributed by atoms with van der Waals surface area (Å²) in [4.78, 5) is 45.2. The highest BCUT2D eigenvalue weighted by Crippen LogP contribution is 2.34. The van der Waals surface area contributed by atoms with E-state index < -0.39 is 28.6 Å². The van der Waals surface area contributed by atoms with Crippen molar-refractivity contribution in [2.24, 2.45) is 0 Å². The quantitative estimate of drug-likeness (QED) is 0.488. The fourth-order valence-corrected chi connectivity index (χ4v) is 2.69. The number of nitro groups is 1. The number of nitrogens with zero attached hydrogens (tertiary/aromatic N) is 2. The van der Waals surface area contributed by atoms with E-state index in [0.29, 0.717) is 16.7 Å². The third kappa shape index (κ3) is 3.48. The molecule has 0 spiro atoms. The van der Waals surface area contributed by atoms with E-state index in [2.05, 4.69) is 0 Å². The lowest BCUT2D eigenvalue weighted by Gasteiger charge is -2.08. The Morgan fingerprint density at radius 3 is 2.74 bits per heavy atom. The third-order valence-electron chi connectivity index (χ3n) is 2.88. The van der Waals surface area contributed by atoms with Crippen LogP contribution in [0.25, 0.3) is 6.08 Å². The zero-order valence-electron chi connectivity index (χ0n) is 11.7. The number of carboxylic acid groups (broad SMARTS) is 1. The summed E-state index contributed by atoms with van der Waals surface area (Å²) in [7, 11) is 1.36. The molecule has 2 rings (SSSR count). The molecule has 1 aromatic rings. The summed E-state index contributed by atoms with van der Waals surface area (Å²) in [5, 5.41) is 18.8. The molecule has 1 fully saturated rings. The van der Waals surface area contributed by atoms with Gasteiger partial charge in [-0.3, -0.25) is 29.4 Å². The topological polar surface area (TPSA) is 127 Å². The first-order valence-electron chi connectivity index (χ1n) is 6.13. The van der Waals surface area contributed by atoms with Gasteiger partial charge < -0.3 is 9.84 Å². The van der Waals surface area contributed by atoms with Crippen molar-refractivity contribution in [3.05, 3.63) is 38.8 Å². The van der Waals surface area contributed by atoms with E-state index in [1.807, 2.05) is 0 Å². The fourth-order valence-electron chi connectivity index (χ4n) is 1.86. The molecule has 1 N–H and O–H groups in total. The summed E-state index contributed by atoms with van der Waals surface area (Å²) >= 11 is 0.562. The van der Waals surface area contributed by atoms with Gasteiger partial charge in [-0.25, -0.2) is 0 Å². The number of thioether (sulfide) groups is 1. The van der Waals surface area contributed by atoms with Crippen molar-refractivity contribution in [3.8, 4) is 5.75 Å². The monoisotopic (exact) mass is 338 g/mol. The summed E-state index contributed by atoms with van der Waals surface area (Å²) in [6.45, 7) is -0.742. The molecule has 10 heteroatoms. The molecule has 0 unspecified atom stereocenters. The van der Waals surface area contributed by atoms with Gasteiger partial charge in [0.25, 0.3) is 16.8 Å². The molecule has 0 aromatic heterocycles. The van der Waals surface area contributed by atoms with Gasteiger partial charge in [-0.1, -0.05) is 0 Å². The molecule has 1 saturated heterocycles. The average Bonchev–Trinajstić information content (AvgIpc) is 2.74. The maximum atomic E-state index is 12.1. The zero-order valence-corrected chi connectivity index (χ0v) is 12.5. The Balaban J connectivity index is 2.40. The fraction of sp³-hybridized carbons (Fsp3) is 0.154. The molecule has 1 aromatic carbocycles. The molecule has 120 valence electrons. The largest absolute Gasteiger partial charge is 0.496 e. The van der Waals surface area contributed by atoms with Crippen LogP contribution >= 0.6 is 11.8 Å². The van der Waals surface area contributed by atoms with Crippen LogP contribution in [0.15, 0.2) is 23.1 Å². The number of imide groups is 1. The Labute approximate surface area is 133 Å². The van der Waals surface area contributed by atoms with Gasteiger partial charge in [0, 0.05) is 17.7 Å². The number of hydrogen-bond donors (Lipinski definition) is 1. The van der Waals surface area contributed by atoms with Crippen molar-refractivity contribution in [2.75, 3.05) is 13.7 Å². The zero-order chi connectivity index (χ0) is 17.1. The van der Waals surface area contributed by atoms with Crippen LogP contribution in [-0.4, -0.2) is 45.7 Å². The van der Waals surface area contributed by atoms with Crippen LogP contribution in [0, 0.1) is 10.1 Å². The summed E-state index contributed by atoms with van der Waals surface area (Å²) in [6, 6.07) is 3.81. The Hall–Kier alpha value is -2.88. The van der Waals surface area contributed by atoms with Crippen LogP contribution in [0.1, 0.15) is 5.56 Å². The van der Waals surface area contributed by atoms with Crippen LogP contribution in [0.5, 0.6) is 5.75 Å². The predicted octanol–water partition coefficient (Wildman–Crippen LogP) is 1.72. The number of carbonyl (C=O) groups is 3. The van der Waals surface area contributed by atoms with Gasteiger partial charge in [0.15, 0.2) is 0 Å². The Morgan fingerprint density at radius 1 is 1.48 bits per heavy atom. The second-order valence-electron chi connectivity index (χ2n) is 4.34. The smallest absolute Gasteiger partial charge is 0.323 e. The number of benzene rings is 1. The molecule has 1 aliphatic rings. The van der Waals surface area contributed by atoms with E-state index in [-0.39, 0.29) is 21.9 Å². The second kappa shape index (κ2) is 6.48. The minimum atomic E-state index is -1.32. The number of methoxy groups -OCH3 is 1. The number of ether oxygens (including phenoxy) is 1. The van der Waals surface area contributed by atoms with Gasteiger partial charge in [-0.05, 0) is 23.9 Å². The minimum Gasteiger partial charge on any atom is -0.496 e. The first kappa shape index (κ1) is 16.5. The number of rotatable bonds is 5. The van der Waals surface area contributed by atoms with Crippen LogP contribution in [0.2, 0.25) is 0 Å². The molecule has 1 aliphatic heterocycles. The van der Waals surface area contributed by atoms with Gasteiger partial charge in [0.1, 0.15) is 12.3 Å². The molecular formula is C13H10N2O7S. The van der Waals surface area contributed by atoms with Crippen LogP contribution in [0.4, 0.5) is 10.5 Å². The van der Waals surface area contributed by atoms with E-state index >= 15 is 0 Å². The number of amides is 2. The highest BCUT2D eigenvalue weighted by Gasteiger charge is 2.36. The van der Waals surface area contributed by atoms with Crippen LogP contribution in [-0.2, 0) is 9.59 Å². The molecule has 0 radical (unpaired) electrons. The van der Waals surface area contributed by atoms with Gasteiger partial charge in [-0.2, -0.15) is 0 Å². The summed E-state index contributed by atoms with van der Waals surface area (Å²) in [5.74, 6) is -1.81. The maximum Gasteiger partial charge on any atom is 0.323 e. The van der Waals surface area contributed by atoms with Gasteiger partial charge >= 0.3 is 5.97 Å². The standard InChI is InChI=1S/C13H10N2O7S/c1-22-9-3-2-8(15(20)21)4-7(9)5-10-12(18)14(6-11(16)17)13(19)23-10/h2-5H,6H2,1H3,(H,16,17)/b10-5+. The highest BCUT2D eigenvalue weighted by molar-refractivity contribution is 8.18. The Morgan fingerprint density at radius 2 is 2.17 bits per heavy atom. The number of carbonyl (C=O) groups excluding carboxylic acids is 2. The van der Waals surface area contributed by atoms with E-state index in [1.165, 1.54) is 31.4 Å². The lowest BCUT2D eigenvalue weighted by atomic mass is 10.1. The van der Waals surface area contributed by atoms with E-state index in [0.717, 1.165) is 0 Å². The first-order chi connectivity index (χ1) is 10.8. The lowest BCUT2D eigenvalue weighted by Crippen LogP contribution is -2.33. The predicted molar refractivity (Wildman–Crippen MR) is 80.0 cm³/mol. The average molecular weight is 338 g/mol. The molecule has 2 amide bonds. The van der Waals surface area contributed by atoms with Crippen molar-refractivity contribution >= 4 is 40.6 Å². The number of aliphatic carboxylic acids is 1. The molecule has 0 saturated carbocycles. The third-order valence-corrected chi connectivity index (χ3v) is 3.79. The molecular weight excluding hydrogens is 328 g/mol. The molecule has 0 atom stereocenters.